The van der Waals surface area contributed by atoms with Gasteiger partial charge >= 0.3 is 0 Å². The summed E-state index contributed by atoms with van der Waals surface area (Å²) in [5, 5.41) is 8.05. The lowest BCUT2D eigenvalue weighted by atomic mass is 10.1. The van der Waals surface area contributed by atoms with Crippen molar-refractivity contribution in [1.82, 2.24) is 10.2 Å². The van der Waals surface area contributed by atoms with E-state index in [2.05, 4.69) is 10.2 Å². The summed E-state index contributed by atoms with van der Waals surface area (Å²) in [5.41, 5.74) is 6.25. The number of hydrogen-bond donors (Lipinski definition) is 1. The lowest BCUT2D eigenvalue weighted by molar-refractivity contribution is 0.788. The third-order valence-corrected chi connectivity index (χ3v) is 1.69. The zero-order valence-corrected chi connectivity index (χ0v) is 7.26. The smallest absolute Gasteiger partial charge is 0.164 e. The summed E-state index contributed by atoms with van der Waals surface area (Å²) in [7, 11) is 0. The molecule has 1 aromatic rings. The maximum atomic E-state index is 5.73. The quantitative estimate of drug-likeness (QED) is 0.702. The zero-order chi connectivity index (χ0) is 8.43. The van der Waals surface area contributed by atoms with E-state index in [1.807, 2.05) is 13.8 Å². The number of nitrogens with two attached hydrogens (primary N) is 1. The van der Waals surface area contributed by atoms with Crippen LogP contribution in [0.4, 0.5) is 5.82 Å². The van der Waals surface area contributed by atoms with Gasteiger partial charge in [0.2, 0.25) is 0 Å². The monoisotopic (exact) mass is 171 g/mol. The maximum Gasteiger partial charge on any atom is 0.164 e. The number of halogens is 1. The minimum absolute atomic E-state index is 0.288. The average Bonchev–Trinajstić information content (AvgIpc) is 1.94. The Morgan fingerprint density at radius 1 is 1.45 bits per heavy atom. The van der Waals surface area contributed by atoms with Crippen molar-refractivity contribution in [2.24, 2.45) is 0 Å². The van der Waals surface area contributed by atoms with Crippen LogP contribution in [0.25, 0.3) is 0 Å². The van der Waals surface area contributed by atoms with Gasteiger partial charge in [-0.15, -0.1) is 5.10 Å². The fraction of sp³-hybridized carbons (Fsp3) is 0.429. The molecule has 0 saturated carbocycles. The molecule has 1 heterocycles. The van der Waals surface area contributed by atoms with Gasteiger partial charge in [0.25, 0.3) is 0 Å². The van der Waals surface area contributed by atoms with Crippen LogP contribution in [0.2, 0.25) is 5.02 Å². The molecule has 0 aromatic carbocycles. The van der Waals surface area contributed by atoms with E-state index in [1.54, 1.807) is 6.07 Å². The van der Waals surface area contributed by atoms with E-state index in [0.29, 0.717) is 10.9 Å². The Morgan fingerprint density at radius 3 is 2.55 bits per heavy atom. The Labute approximate surface area is 70.6 Å². The first kappa shape index (κ1) is 8.27. The Hall–Kier alpha value is -0.830. The second-order valence-electron chi connectivity index (χ2n) is 2.66. The van der Waals surface area contributed by atoms with Crippen LogP contribution < -0.4 is 5.73 Å². The fourth-order valence-electron chi connectivity index (χ4n) is 0.674. The van der Waals surface area contributed by atoms with Crippen molar-refractivity contribution in [2.45, 2.75) is 19.8 Å². The Bertz CT molecular complexity index is 260. The highest BCUT2D eigenvalue weighted by Crippen LogP contribution is 2.19. The molecule has 11 heavy (non-hydrogen) atoms. The van der Waals surface area contributed by atoms with Crippen molar-refractivity contribution in [3.63, 3.8) is 0 Å². The van der Waals surface area contributed by atoms with Crippen LogP contribution in [0.3, 0.4) is 0 Å². The molecule has 0 bridgehead atoms. The summed E-state index contributed by atoms with van der Waals surface area (Å²) < 4.78 is 0. The molecule has 0 radical (unpaired) electrons. The third-order valence-electron chi connectivity index (χ3n) is 1.38. The van der Waals surface area contributed by atoms with Gasteiger partial charge in [0.15, 0.2) is 5.82 Å². The van der Waals surface area contributed by atoms with Gasteiger partial charge in [-0.05, 0) is 12.0 Å². The predicted octanol–water partition coefficient (Wildman–Crippen LogP) is 1.84. The summed E-state index contributed by atoms with van der Waals surface area (Å²) >= 11 is 5.73. The standard InChI is InChI=1S/C7H10ClN3/c1-4(2)6-3-5(8)7(9)11-10-6/h3-4H,1-2H3,(H2,9,11). The number of anilines is 1. The molecule has 2 N–H and O–H groups in total. The Morgan fingerprint density at radius 2 is 2.09 bits per heavy atom. The lowest BCUT2D eigenvalue weighted by Crippen LogP contribution is -1.99. The summed E-state index contributed by atoms with van der Waals surface area (Å²) in [4.78, 5) is 0. The van der Waals surface area contributed by atoms with E-state index >= 15 is 0 Å². The van der Waals surface area contributed by atoms with Crippen molar-refractivity contribution in [3.05, 3.63) is 16.8 Å². The summed E-state index contributed by atoms with van der Waals surface area (Å²) in [5.74, 6) is 0.622. The highest BCUT2D eigenvalue weighted by Gasteiger charge is 2.04. The lowest BCUT2D eigenvalue weighted by Gasteiger charge is -2.03. The molecule has 0 spiro atoms. The van der Waals surface area contributed by atoms with E-state index in [1.165, 1.54) is 0 Å². The topological polar surface area (TPSA) is 51.8 Å². The highest BCUT2D eigenvalue weighted by atomic mass is 35.5. The molecule has 0 unspecified atom stereocenters. The molecule has 0 saturated heterocycles. The average molecular weight is 172 g/mol. The zero-order valence-electron chi connectivity index (χ0n) is 6.50. The summed E-state index contributed by atoms with van der Waals surface area (Å²) in [6.45, 7) is 4.05. The fourth-order valence-corrected chi connectivity index (χ4v) is 0.824. The molecule has 0 aliphatic rings. The molecule has 0 aliphatic heterocycles. The van der Waals surface area contributed by atoms with Crippen LogP contribution in [0.1, 0.15) is 25.5 Å². The first-order valence-electron chi connectivity index (χ1n) is 3.40. The van der Waals surface area contributed by atoms with Crippen LogP contribution in [-0.4, -0.2) is 10.2 Å². The van der Waals surface area contributed by atoms with Gasteiger partial charge in [-0.1, -0.05) is 25.4 Å². The molecule has 0 aliphatic carbocycles. The van der Waals surface area contributed by atoms with Crippen molar-refractivity contribution < 1.29 is 0 Å². The van der Waals surface area contributed by atoms with Gasteiger partial charge in [-0.3, -0.25) is 0 Å². The molecule has 0 atom stereocenters. The highest BCUT2D eigenvalue weighted by molar-refractivity contribution is 6.32. The molecule has 0 fully saturated rings. The minimum Gasteiger partial charge on any atom is -0.381 e. The van der Waals surface area contributed by atoms with E-state index in [-0.39, 0.29) is 5.82 Å². The van der Waals surface area contributed by atoms with Crippen molar-refractivity contribution in [1.29, 1.82) is 0 Å². The second-order valence-corrected chi connectivity index (χ2v) is 3.06. The molecular weight excluding hydrogens is 162 g/mol. The molecule has 4 heteroatoms. The van der Waals surface area contributed by atoms with Crippen LogP contribution >= 0.6 is 11.6 Å². The van der Waals surface area contributed by atoms with E-state index in [0.717, 1.165) is 5.69 Å². The van der Waals surface area contributed by atoms with E-state index in [4.69, 9.17) is 17.3 Å². The van der Waals surface area contributed by atoms with Gasteiger partial charge in [-0.2, -0.15) is 5.10 Å². The molecule has 1 rings (SSSR count). The molecule has 1 aromatic heterocycles. The van der Waals surface area contributed by atoms with Gasteiger partial charge in [-0.25, -0.2) is 0 Å². The van der Waals surface area contributed by atoms with Crippen LogP contribution in [0, 0.1) is 0 Å². The van der Waals surface area contributed by atoms with E-state index < -0.39 is 0 Å². The van der Waals surface area contributed by atoms with Gasteiger partial charge in [0.05, 0.1) is 10.7 Å². The summed E-state index contributed by atoms with van der Waals surface area (Å²) in [6.07, 6.45) is 0. The molecule has 3 nitrogen and oxygen atoms in total. The van der Waals surface area contributed by atoms with Crippen molar-refractivity contribution >= 4 is 17.4 Å². The SMILES string of the molecule is CC(C)c1cc(Cl)c(N)nn1. The predicted molar refractivity (Wildman–Crippen MR) is 45.5 cm³/mol. The van der Waals surface area contributed by atoms with Crippen LogP contribution in [-0.2, 0) is 0 Å². The van der Waals surface area contributed by atoms with Gasteiger partial charge in [0.1, 0.15) is 0 Å². The number of nitrogen functional groups attached to an aromatic ring is 1. The number of rotatable bonds is 1. The van der Waals surface area contributed by atoms with Crippen molar-refractivity contribution in [2.75, 3.05) is 5.73 Å². The third kappa shape index (κ3) is 1.80. The van der Waals surface area contributed by atoms with Crippen LogP contribution in [0.5, 0.6) is 0 Å². The number of aromatic nitrogens is 2. The Kier molecular flexibility index (Phi) is 2.29. The molecule has 60 valence electrons. The van der Waals surface area contributed by atoms with Crippen LogP contribution in [0.15, 0.2) is 6.07 Å². The largest absolute Gasteiger partial charge is 0.381 e. The Balaban J connectivity index is 3.05. The van der Waals surface area contributed by atoms with Gasteiger partial charge in [0, 0.05) is 0 Å². The first-order valence-corrected chi connectivity index (χ1v) is 3.77. The van der Waals surface area contributed by atoms with Gasteiger partial charge < -0.3 is 5.73 Å². The second kappa shape index (κ2) is 3.05. The number of hydrogen-bond acceptors (Lipinski definition) is 3. The first-order chi connectivity index (χ1) is 5.11. The molecular formula is C7H10ClN3. The number of nitrogens with zero attached hydrogens (tertiary/aromatic N) is 2. The normalized spacial score (nSPS) is 10.5. The van der Waals surface area contributed by atoms with Crippen molar-refractivity contribution in [3.8, 4) is 0 Å². The summed E-state index contributed by atoms with van der Waals surface area (Å²) in [6, 6.07) is 1.74. The van der Waals surface area contributed by atoms with E-state index in [9.17, 15) is 0 Å². The maximum absolute atomic E-state index is 5.73. The molecule has 0 amide bonds. The minimum atomic E-state index is 0.288.